The number of nitrogens with zero attached hydrogens (tertiary/aromatic N) is 1. The molecular weight excluding hydrogens is 102 g/mol. The van der Waals surface area contributed by atoms with Gasteiger partial charge in [0, 0.05) is 0 Å². The molecule has 2 heteroatoms. The monoisotopic (exact) mass is 111 g/mol. The fraction of sp³-hybridized carbons (Fsp3) is 0.667. The van der Waals surface area contributed by atoms with Crippen molar-refractivity contribution in [2.24, 2.45) is 4.99 Å². The van der Waals surface area contributed by atoms with Gasteiger partial charge in [-0.05, 0) is 26.0 Å². The Labute approximate surface area is 48.6 Å². The Morgan fingerprint density at radius 3 is 2.88 bits per heavy atom. The summed E-state index contributed by atoms with van der Waals surface area (Å²) in [5.74, 6) is 0.193. The van der Waals surface area contributed by atoms with Gasteiger partial charge >= 0.3 is 0 Å². The van der Waals surface area contributed by atoms with Crippen LogP contribution in [0.25, 0.3) is 0 Å². The van der Waals surface area contributed by atoms with E-state index in [0.717, 1.165) is 12.8 Å². The summed E-state index contributed by atoms with van der Waals surface area (Å²) in [4.78, 5) is 14.5. The second-order valence-electron chi connectivity index (χ2n) is 2.04. The zero-order valence-electron chi connectivity index (χ0n) is 4.92. The molecule has 0 amide bonds. The summed E-state index contributed by atoms with van der Waals surface area (Å²) >= 11 is 0. The van der Waals surface area contributed by atoms with Crippen molar-refractivity contribution >= 4 is 12.0 Å². The summed E-state index contributed by atoms with van der Waals surface area (Å²) < 4.78 is 0. The van der Waals surface area contributed by atoms with Gasteiger partial charge in [-0.3, -0.25) is 9.79 Å². The normalized spacial score (nSPS) is 26.4. The van der Waals surface area contributed by atoms with E-state index >= 15 is 0 Å². The summed E-state index contributed by atoms with van der Waals surface area (Å²) in [6.45, 7) is 1.59. The van der Waals surface area contributed by atoms with Crippen molar-refractivity contribution in [3.63, 3.8) is 0 Å². The Morgan fingerprint density at radius 1 is 1.88 bits per heavy atom. The molecule has 0 aromatic carbocycles. The summed E-state index contributed by atoms with van der Waals surface area (Å²) in [6.07, 6.45) is 3.73. The zero-order valence-corrected chi connectivity index (χ0v) is 4.92. The predicted molar refractivity (Wildman–Crippen MR) is 32.2 cm³/mol. The molecule has 0 aromatic rings. The summed E-state index contributed by atoms with van der Waals surface area (Å²) in [5, 5.41) is 0. The quantitative estimate of drug-likeness (QED) is 0.492. The maximum absolute atomic E-state index is 10.5. The first kappa shape index (κ1) is 5.48. The third-order valence-corrected chi connectivity index (χ3v) is 1.32. The molecule has 0 saturated carbocycles. The van der Waals surface area contributed by atoms with Crippen LogP contribution in [0.4, 0.5) is 0 Å². The second kappa shape index (κ2) is 2.07. The topological polar surface area (TPSA) is 29.4 Å². The molecule has 0 spiro atoms. The van der Waals surface area contributed by atoms with E-state index in [-0.39, 0.29) is 11.8 Å². The van der Waals surface area contributed by atoms with E-state index in [0.29, 0.717) is 0 Å². The molecular formula is C6H9NO. The molecule has 0 saturated heterocycles. The Balaban J connectivity index is 2.48. The van der Waals surface area contributed by atoms with Crippen molar-refractivity contribution < 1.29 is 4.79 Å². The summed E-state index contributed by atoms with van der Waals surface area (Å²) in [7, 11) is 0. The van der Waals surface area contributed by atoms with Crippen LogP contribution in [0.2, 0.25) is 0 Å². The van der Waals surface area contributed by atoms with Gasteiger partial charge in [0.05, 0.1) is 0 Å². The number of hydrogen-bond donors (Lipinski definition) is 0. The standard InChI is InChI=1S/C6H9NO/c1-5(8)6-3-2-4-7-6/h4,6H,2-3H2,1H3/t6-/m0/s1. The fourth-order valence-corrected chi connectivity index (χ4v) is 0.817. The lowest BCUT2D eigenvalue weighted by atomic mass is 10.1. The Hall–Kier alpha value is -0.660. The maximum Gasteiger partial charge on any atom is 0.154 e. The molecule has 44 valence electrons. The number of aliphatic imine (C=N–C) groups is 1. The molecule has 0 bridgehead atoms. The highest BCUT2D eigenvalue weighted by Gasteiger charge is 2.13. The van der Waals surface area contributed by atoms with Crippen LogP contribution in [0.5, 0.6) is 0 Å². The molecule has 0 N–H and O–H groups in total. The lowest BCUT2D eigenvalue weighted by molar-refractivity contribution is -0.118. The highest BCUT2D eigenvalue weighted by molar-refractivity contribution is 5.84. The van der Waals surface area contributed by atoms with E-state index in [1.54, 1.807) is 6.92 Å². The molecule has 1 rings (SSSR count). The molecule has 1 atom stereocenters. The third kappa shape index (κ3) is 0.941. The number of rotatable bonds is 1. The first-order valence-corrected chi connectivity index (χ1v) is 2.83. The van der Waals surface area contributed by atoms with Gasteiger partial charge in [-0.25, -0.2) is 0 Å². The Kier molecular flexibility index (Phi) is 1.42. The molecule has 2 nitrogen and oxygen atoms in total. The van der Waals surface area contributed by atoms with Crippen LogP contribution < -0.4 is 0 Å². The van der Waals surface area contributed by atoms with Gasteiger partial charge in [-0.2, -0.15) is 0 Å². The Morgan fingerprint density at radius 2 is 2.62 bits per heavy atom. The van der Waals surface area contributed by atoms with Gasteiger partial charge in [0.25, 0.3) is 0 Å². The first-order chi connectivity index (χ1) is 3.80. The van der Waals surface area contributed by atoms with E-state index in [1.807, 2.05) is 6.21 Å². The number of carbonyl (C=O) groups is 1. The largest absolute Gasteiger partial charge is 0.298 e. The van der Waals surface area contributed by atoms with Gasteiger partial charge in [-0.1, -0.05) is 0 Å². The van der Waals surface area contributed by atoms with E-state index in [9.17, 15) is 4.79 Å². The molecule has 0 aromatic heterocycles. The number of carbonyl (C=O) groups excluding carboxylic acids is 1. The first-order valence-electron chi connectivity index (χ1n) is 2.83. The van der Waals surface area contributed by atoms with E-state index in [1.165, 1.54) is 0 Å². The van der Waals surface area contributed by atoms with Gasteiger partial charge in [0.15, 0.2) is 5.78 Å². The SMILES string of the molecule is CC(=O)[C@@H]1CCC=N1. The highest BCUT2D eigenvalue weighted by atomic mass is 16.1. The van der Waals surface area contributed by atoms with Crippen LogP contribution in [0.1, 0.15) is 19.8 Å². The molecule has 8 heavy (non-hydrogen) atoms. The van der Waals surface area contributed by atoms with Crippen LogP contribution in [0, 0.1) is 0 Å². The molecule has 0 radical (unpaired) electrons. The van der Waals surface area contributed by atoms with Crippen molar-refractivity contribution in [1.82, 2.24) is 0 Å². The average molecular weight is 111 g/mol. The zero-order chi connectivity index (χ0) is 5.98. The smallest absolute Gasteiger partial charge is 0.154 e. The number of Topliss-reactive ketones (excluding diaryl/α,β-unsaturated/α-hetero) is 1. The second-order valence-corrected chi connectivity index (χ2v) is 2.04. The highest BCUT2D eigenvalue weighted by Crippen LogP contribution is 2.07. The van der Waals surface area contributed by atoms with Crippen molar-refractivity contribution in [3.8, 4) is 0 Å². The Bertz CT molecular complexity index is 128. The third-order valence-electron chi connectivity index (χ3n) is 1.32. The van der Waals surface area contributed by atoms with Crippen molar-refractivity contribution in [1.29, 1.82) is 0 Å². The van der Waals surface area contributed by atoms with Crippen molar-refractivity contribution in [3.05, 3.63) is 0 Å². The minimum atomic E-state index is -0.00463. The predicted octanol–water partition coefficient (Wildman–Crippen LogP) is 0.809. The van der Waals surface area contributed by atoms with Crippen LogP contribution in [0.15, 0.2) is 4.99 Å². The summed E-state index contributed by atoms with van der Waals surface area (Å²) in [5.41, 5.74) is 0. The fourth-order valence-electron chi connectivity index (χ4n) is 0.817. The lowest BCUT2D eigenvalue weighted by Gasteiger charge is -1.96. The van der Waals surface area contributed by atoms with Gasteiger partial charge in [-0.15, -0.1) is 0 Å². The molecule has 1 heterocycles. The van der Waals surface area contributed by atoms with Gasteiger partial charge < -0.3 is 0 Å². The molecule has 0 aliphatic carbocycles. The number of hydrogen-bond acceptors (Lipinski definition) is 2. The van der Waals surface area contributed by atoms with Crippen LogP contribution in [-0.4, -0.2) is 18.0 Å². The molecule has 1 aliphatic heterocycles. The van der Waals surface area contributed by atoms with Crippen LogP contribution in [-0.2, 0) is 4.79 Å². The molecule has 0 fully saturated rings. The molecule has 1 aliphatic rings. The minimum absolute atomic E-state index is 0.00463. The van der Waals surface area contributed by atoms with Crippen molar-refractivity contribution in [2.45, 2.75) is 25.8 Å². The van der Waals surface area contributed by atoms with E-state index in [2.05, 4.69) is 4.99 Å². The summed E-state index contributed by atoms with van der Waals surface area (Å²) in [6, 6.07) is -0.00463. The van der Waals surface area contributed by atoms with Crippen LogP contribution >= 0.6 is 0 Å². The van der Waals surface area contributed by atoms with E-state index in [4.69, 9.17) is 0 Å². The molecule has 0 unspecified atom stereocenters. The minimum Gasteiger partial charge on any atom is -0.298 e. The van der Waals surface area contributed by atoms with Crippen LogP contribution in [0.3, 0.4) is 0 Å². The maximum atomic E-state index is 10.5. The van der Waals surface area contributed by atoms with E-state index < -0.39 is 0 Å². The van der Waals surface area contributed by atoms with Crippen molar-refractivity contribution in [2.75, 3.05) is 0 Å². The average Bonchev–Trinajstić information content (AvgIpc) is 2.12. The lowest BCUT2D eigenvalue weighted by Crippen LogP contribution is -2.10. The van der Waals surface area contributed by atoms with Gasteiger partial charge in [0.2, 0.25) is 0 Å². The van der Waals surface area contributed by atoms with Gasteiger partial charge in [0.1, 0.15) is 6.04 Å². The number of ketones is 1.